The Kier molecular flexibility index (Phi) is 4.79. The van der Waals surface area contributed by atoms with Gasteiger partial charge in [-0.25, -0.2) is 9.97 Å². The van der Waals surface area contributed by atoms with Crippen LogP contribution < -0.4 is 5.32 Å². The fourth-order valence-corrected chi connectivity index (χ4v) is 4.22. The lowest BCUT2D eigenvalue weighted by atomic mass is 9.82. The predicted octanol–water partition coefficient (Wildman–Crippen LogP) is 3.60. The molecule has 4 heterocycles. The highest BCUT2D eigenvalue weighted by atomic mass is 16.2. The van der Waals surface area contributed by atoms with Crippen LogP contribution in [0.2, 0.25) is 0 Å². The smallest absolute Gasteiger partial charge is 0.253 e. The number of allylic oxidation sites excluding steroid dienone is 1. The molecule has 0 aliphatic carbocycles. The SMILES string of the molecule is C=C(/C=C\CC)C(=O)N1CCC2(CC1)Nc1cccnc1-n1c2cnc1CC. The Labute approximate surface area is 166 Å². The summed E-state index contributed by atoms with van der Waals surface area (Å²) in [6.45, 7) is 9.47. The van der Waals surface area contributed by atoms with Gasteiger partial charge in [0.15, 0.2) is 5.82 Å². The fraction of sp³-hybridized carbons (Fsp3) is 0.409. The molecule has 6 nitrogen and oxygen atoms in total. The van der Waals surface area contributed by atoms with Gasteiger partial charge in [0.2, 0.25) is 0 Å². The van der Waals surface area contributed by atoms with Crippen LogP contribution in [0, 0.1) is 0 Å². The van der Waals surface area contributed by atoms with E-state index in [1.54, 1.807) is 0 Å². The number of fused-ring (bicyclic) bond motifs is 4. The lowest BCUT2D eigenvalue weighted by Crippen LogP contribution is -2.51. The molecule has 2 aliphatic heterocycles. The van der Waals surface area contributed by atoms with Crippen LogP contribution in [0.1, 0.15) is 44.6 Å². The lowest BCUT2D eigenvalue weighted by molar-refractivity contribution is -0.128. The van der Waals surface area contributed by atoms with Crippen LogP contribution >= 0.6 is 0 Å². The number of nitrogens with zero attached hydrogens (tertiary/aromatic N) is 4. The van der Waals surface area contributed by atoms with Crippen LogP contribution in [0.4, 0.5) is 5.69 Å². The van der Waals surface area contributed by atoms with E-state index in [1.807, 2.05) is 42.4 Å². The molecule has 6 heteroatoms. The number of pyridine rings is 1. The average Bonchev–Trinajstić information content (AvgIpc) is 3.18. The molecule has 28 heavy (non-hydrogen) atoms. The summed E-state index contributed by atoms with van der Waals surface area (Å²) in [5.41, 5.74) is 2.50. The fourth-order valence-electron chi connectivity index (χ4n) is 4.22. The standard InChI is InChI=1S/C22H27N5O/c1-4-6-8-16(3)21(28)26-13-10-22(11-14-26)18-15-24-19(5-2)27(18)20-17(25-22)9-7-12-23-20/h6-9,12,15,25H,3-5,10-11,13-14H2,1-2H3/b8-6-. The number of rotatable bonds is 4. The third-order valence-electron chi connectivity index (χ3n) is 5.75. The molecule has 0 unspecified atom stereocenters. The zero-order valence-electron chi connectivity index (χ0n) is 16.6. The van der Waals surface area contributed by atoms with Crippen molar-refractivity contribution in [1.82, 2.24) is 19.4 Å². The van der Waals surface area contributed by atoms with Crippen molar-refractivity contribution in [3.8, 4) is 5.82 Å². The topological polar surface area (TPSA) is 63.1 Å². The summed E-state index contributed by atoms with van der Waals surface area (Å²) in [5.74, 6) is 1.96. The number of anilines is 1. The van der Waals surface area contributed by atoms with E-state index >= 15 is 0 Å². The van der Waals surface area contributed by atoms with Crippen molar-refractivity contribution in [2.45, 2.75) is 45.1 Å². The third kappa shape index (κ3) is 2.93. The molecular weight excluding hydrogens is 350 g/mol. The Morgan fingerprint density at radius 3 is 2.82 bits per heavy atom. The summed E-state index contributed by atoms with van der Waals surface area (Å²) < 4.78 is 2.20. The van der Waals surface area contributed by atoms with Gasteiger partial charge < -0.3 is 10.2 Å². The van der Waals surface area contributed by atoms with Gasteiger partial charge in [0.1, 0.15) is 5.82 Å². The van der Waals surface area contributed by atoms with E-state index in [2.05, 4.69) is 39.4 Å². The van der Waals surface area contributed by atoms with E-state index in [9.17, 15) is 4.79 Å². The molecule has 0 aromatic carbocycles. The molecule has 1 saturated heterocycles. The minimum atomic E-state index is -0.228. The van der Waals surface area contributed by atoms with Gasteiger partial charge in [-0.15, -0.1) is 0 Å². The van der Waals surface area contributed by atoms with Crippen molar-refractivity contribution < 1.29 is 4.79 Å². The van der Waals surface area contributed by atoms with Crippen LogP contribution in [-0.4, -0.2) is 38.4 Å². The number of likely N-dealkylation sites (tertiary alicyclic amines) is 1. The van der Waals surface area contributed by atoms with Gasteiger partial charge in [-0.1, -0.05) is 32.6 Å². The second-order valence-electron chi connectivity index (χ2n) is 7.46. The van der Waals surface area contributed by atoms with Crippen molar-refractivity contribution in [1.29, 1.82) is 0 Å². The van der Waals surface area contributed by atoms with Crippen molar-refractivity contribution in [2.75, 3.05) is 18.4 Å². The van der Waals surface area contributed by atoms with Gasteiger partial charge in [0, 0.05) is 31.3 Å². The molecule has 1 fully saturated rings. The molecule has 0 bridgehead atoms. The van der Waals surface area contributed by atoms with Gasteiger partial charge in [0.05, 0.1) is 23.1 Å². The highest BCUT2D eigenvalue weighted by Crippen LogP contribution is 2.43. The van der Waals surface area contributed by atoms with Crippen molar-refractivity contribution in [3.63, 3.8) is 0 Å². The number of hydrogen-bond acceptors (Lipinski definition) is 4. The quantitative estimate of drug-likeness (QED) is 0.653. The highest BCUT2D eigenvalue weighted by molar-refractivity contribution is 5.95. The first kappa shape index (κ1) is 18.5. The van der Waals surface area contributed by atoms with Gasteiger partial charge in [-0.2, -0.15) is 0 Å². The summed E-state index contributed by atoms with van der Waals surface area (Å²) >= 11 is 0. The highest BCUT2D eigenvalue weighted by Gasteiger charge is 2.43. The maximum atomic E-state index is 12.7. The number of amides is 1. The predicted molar refractivity (Wildman–Crippen MR) is 110 cm³/mol. The van der Waals surface area contributed by atoms with E-state index < -0.39 is 0 Å². The number of carbonyl (C=O) groups excluding carboxylic acids is 1. The normalized spacial score (nSPS) is 17.3. The number of piperidine rings is 1. The van der Waals surface area contributed by atoms with E-state index in [4.69, 9.17) is 0 Å². The first-order valence-corrected chi connectivity index (χ1v) is 10.0. The van der Waals surface area contributed by atoms with Crippen LogP contribution in [0.15, 0.2) is 48.8 Å². The number of aryl methyl sites for hydroxylation is 1. The number of hydrogen-bond donors (Lipinski definition) is 1. The molecule has 2 aromatic rings. The van der Waals surface area contributed by atoms with Crippen LogP contribution in [-0.2, 0) is 16.8 Å². The molecule has 0 saturated carbocycles. The monoisotopic (exact) mass is 377 g/mol. The van der Waals surface area contributed by atoms with Gasteiger partial charge in [-0.05, 0) is 31.4 Å². The summed E-state index contributed by atoms with van der Waals surface area (Å²) in [6.07, 6.45) is 11.0. The maximum Gasteiger partial charge on any atom is 0.253 e. The van der Waals surface area contributed by atoms with Crippen LogP contribution in [0.5, 0.6) is 0 Å². The Morgan fingerprint density at radius 2 is 2.11 bits per heavy atom. The Hall–Kier alpha value is -2.89. The zero-order valence-corrected chi connectivity index (χ0v) is 16.6. The molecule has 1 N–H and O–H groups in total. The van der Waals surface area contributed by atoms with Crippen molar-refractivity contribution in [3.05, 3.63) is 60.3 Å². The molecule has 0 radical (unpaired) electrons. The minimum Gasteiger partial charge on any atom is -0.371 e. The number of aromatic nitrogens is 3. The van der Waals surface area contributed by atoms with Crippen LogP contribution in [0.25, 0.3) is 5.82 Å². The van der Waals surface area contributed by atoms with Gasteiger partial charge >= 0.3 is 0 Å². The summed E-state index contributed by atoms with van der Waals surface area (Å²) in [6, 6.07) is 4.02. The van der Waals surface area contributed by atoms with E-state index in [0.29, 0.717) is 18.7 Å². The first-order valence-electron chi connectivity index (χ1n) is 10.0. The Morgan fingerprint density at radius 1 is 1.32 bits per heavy atom. The second-order valence-corrected chi connectivity index (χ2v) is 7.46. The summed E-state index contributed by atoms with van der Waals surface area (Å²) in [4.78, 5) is 23.9. The average molecular weight is 377 g/mol. The Bertz CT molecular complexity index is 934. The van der Waals surface area contributed by atoms with Crippen LogP contribution in [0.3, 0.4) is 0 Å². The van der Waals surface area contributed by atoms with Crippen molar-refractivity contribution >= 4 is 11.6 Å². The summed E-state index contributed by atoms with van der Waals surface area (Å²) in [5, 5.41) is 3.73. The molecule has 2 aliphatic rings. The summed E-state index contributed by atoms with van der Waals surface area (Å²) in [7, 11) is 0. The second kappa shape index (κ2) is 7.26. The van der Waals surface area contributed by atoms with E-state index in [0.717, 1.165) is 48.7 Å². The lowest BCUT2D eigenvalue weighted by Gasteiger charge is -2.45. The Balaban J connectivity index is 1.61. The number of nitrogens with one attached hydrogen (secondary N) is 1. The molecule has 146 valence electrons. The maximum absolute atomic E-state index is 12.7. The molecule has 1 amide bonds. The molecular formula is C22H27N5O. The molecule has 0 atom stereocenters. The van der Waals surface area contributed by atoms with Gasteiger partial charge in [-0.3, -0.25) is 9.36 Å². The zero-order chi connectivity index (χ0) is 19.7. The number of imidazole rings is 1. The third-order valence-corrected chi connectivity index (χ3v) is 5.75. The van der Waals surface area contributed by atoms with E-state index in [1.165, 1.54) is 0 Å². The van der Waals surface area contributed by atoms with Gasteiger partial charge in [0.25, 0.3) is 5.91 Å². The largest absolute Gasteiger partial charge is 0.371 e. The first-order chi connectivity index (χ1) is 13.6. The minimum absolute atomic E-state index is 0.0279. The molecule has 1 spiro atoms. The van der Waals surface area contributed by atoms with E-state index in [-0.39, 0.29) is 11.4 Å². The van der Waals surface area contributed by atoms with Crippen molar-refractivity contribution in [2.24, 2.45) is 0 Å². The molecule has 2 aromatic heterocycles. The molecule has 4 rings (SSSR count). The number of carbonyl (C=O) groups is 1.